The first kappa shape index (κ1) is 21.3. The largest absolute Gasteiger partial charge is 0.494 e. The van der Waals surface area contributed by atoms with Crippen molar-refractivity contribution in [3.05, 3.63) is 42.5 Å². The molecule has 0 saturated heterocycles. The van der Waals surface area contributed by atoms with Crippen molar-refractivity contribution in [2.75, 3.05) is 6.61 Å². The molecule has 25 heavy (non-hydrogen) atoms. The predicted octanol–water partition coefficient (Wildman–Crippen LogP) is 6.08. The number of carbonyl (C=O) groups excluding carboxylic acids is 1. The van der Waals surface area contributed by atoms with Gasteiger partial charge >= 0.3 is 5.97 Å². The summed E-state index contributed by atoms with van der Waals surface area (Å²) >= 11 is 0. The minimum atomic E-state index is -0.257. The fourth-order valence-corrected chi connectivity index (χ4v) is 2.67. The fraction of sp³-hybridized carbons (Fsp3) is 0.591. The quantitative estimate of drug-likeness (QED) is 0.232. The van der Waals surface area contributed by atoms with Gasteiger partial charge < -0.3 is 9.47 Å². The van der Waals surface area contributed by atoms with Gasteiger partial charge in [-0.2, -0.15) is 0 Å². The van der Waals surface area contributed by atoms with E-state index in [9.17, 15) is 4.79 Å². The van der Waals surface area contributed by atoms with E-state index in [1.165, 1.54) is 19.3 Å². The zero-order chi connectivity index (χ0) is 18.3. The Kier molecular flexibility index (Phi) is 11.5. The van der Waals surface area contributed by atoms with Crippen LogP contribution in [-0.2, 0) is 9.53 Å². The highest BCUT2D eigenvalue weighted by Gasteiger charge is 2.14. The fourth-order valence-electron chi connectivity index (χ4n) is 2.67. The summed E-state index contributed by atoms with van der Waals surface area (Å²) in [5.41, 5.74) is 0.481. The van der Waals surface area contributed by atoms with Crippen molar-refractivity contribution in [2.24, 2.45) is 0 Å². The number of hydrogen-bond donors (Lipinski definition) is 0. The van der Waals surface area contributed by atoms with Gasteiger partial charge in [0.05, 0.1) is 6.61 Å². The van der Waals surface area contributed by atoms with E-state index in [0.29, 0.717) is 5.57 Å². The van der Waals surface area contributed by atoms with Gasteiger partial charge in [0.1, 0.15) is 11.9 Å². The number of unbranched alkanes of at least 4 members (excludes halogenated alkanes) is 5. The van der Waals surface area contributed by atoms with Gasteiger partial charge in [-0.05, 0) is 57.6 Å². The SMILES string of the molecule is C=C(C)C(=O)OC(CCCCCC)CCCCCOc1ccccc1. The lowest BCUT2D eigenvalue weighted by molar-refractivity contribution is -0.145. The minimum absolute atomic E-state index is 0.0242. The van der Waals surface area contributed by atoms with Crippen LogP contribution in [0.2, 0.25) is 0 Å². The number of carbonyl (C=O) groups is 1. The van der Waals surface area contributed by atoms with Crippen LogP contribution in [0.4, 0.5) is 0 Å². The lowest BCUT2D eigenvalue weighted by Gasteiger charge is -2.18. The van der Waals surface area contributed by atoms with Gasteiger partial charge in [-0.1, -0.05) is 51.0 Å². The summed E-state index contributed by atoms with van der Waals surface area (Å²) in [4.78, 5) is 11.8. The molecular weight excluding hydrogens is 312 g/mol. The van der Waals surface area contributed by atoms with Crippen molar-refractivity contribution < 1.29 is 14.3 Å². The number of hydrogen-bond acceptors (Lipinski definition) is 3. The van der Waals surface area contributed by atoms with Crippen molar-refractivity contribution >= 4 is 5.97 Å². The first-order valence-corrected chi connectivity index (χ1v) is 9.67. The van der Waals surface area contributed by atoms with Crippen LogP contribution in [0.3, 0.4) is 0 Å². The Morgan fingerprint density at radius 3 is 2.24 bits per heavy atom. The van der Waals surface area contributed by atoms with E-state index in [1.807, 2.05) is 30.3 Å². The molecule has 0 saturated carbocycles. The third kappa shape index (κ3) is 10.6. The van der Waals surface area contributed by atoms with Crippen LogP contribution in [0.25, 0.3) is 0 Å². The molecule has 140 valence electrons. The predicted molar refractivity (Wildman–Crippen MR) is 104 cm³/mol. The number of para-hydroxylation sites is 1. The van der Waals surface area contributed by atoms with E-state index >= 15 is 0 Å². The molecule has 0 aromatic heterocycles. The average Bonchev–Trinajstić information content (AvgIpc) is 2.62. The summed E-state index contributed by atoms with van der Waals surface area (Å²) < 4.78 is 11.3. The molecule has 0 aliphatic rings. The number of benzene rings is 1. The van der Waals surface area contributed by atoms with E-state index in [0.717, 1.165) is 50.9 Å². The Morgan fingerprint density at radius 1 is 1.00 bits per heavy atom. The summed E-state index contributed by atoms with van der Waals surface area (Å²) in [5, 5.41) is 0. The minimum Gasteiger partial charge on any atom is -0.494 e. The molecule has 0 fully saturated rings. The number of esters is 1. The maximum absolute atomic E-state index is 11.8. The van der Waals surface area contributed by atoms with E-state index in [2.05, 4.69) is 13.5 Å². The lowest BCUT2D eigenvalue weighted by atomic mass is 10.0. The molecule has 0 aliphatic heterocycles. The Balaban J connectivity index is 2.21. The molecule has 1 rings (SSSR count). The van der Waals surface area contributed by atoms with Gasteiger partial charge in [0.15, 0.2) is 0 Å². The van der Waals surface area contributed by atoms with E-state index in [4.69, 9.17) is 9.47 Å². The standard InChI is InChI=1S/C22H34O3/c1-4-5-6-9-16-21(25-22(23)19(2)3)17-12-8-13-18-24-20-14-10-7-11-15-20/h7,10-11,14-15,21H,2,4-6,8-9,12-13,16-18H2,1,3H3. The molecular formula is C22H34O3. The Labute approximate surface area is 153 Å². The molecule has 0 aliphatic carbocycles. The van der Waals surface area contributed by atoms with Gasteiger partial charge in [-0.15, -0.1) is 0 Å². The third-order valence-corrected chi connectivity index (χ3v) is 4.18. The van der Waals surface area contributed by atoms with Crippen LogP contribution in [0.5, 0.6) is 5.75 Å². The van der Waals surface area contributed by atoms with Gasteiger partial charge in [-0.3, -0.25) is 0 Å². The maximum atomic E-state index is 11.8. The summed E-state index contributed by atoms with van der Waals surface area (Å²) in [6, 6.07) is 9.90. The van der Waals surface area contributed by atoms with E-state index < -0.39 is 0 Å². The molecule has 0 amide bonds. The molecule has 1 unspecified atom stereocenters. The molecule has 0 N–H and O–H groups in total. The van der Waals surface area contributed by atoms with Crippen LogP contribution in [0.15, 0.2) is 42.5 Å². The van der Waals surface area contributed by atoms with Gasteiger partial charge in [0, 0.05) is 5.57 Å². The van der Waals surface area contributed by atoms with E-state index in [1.54, 1.807) is 6.92 Å². The third-order valence-electron chi connectivity index (χ3n) is 4.18. The van der Waals surface area contributed by atoms with Crippen LogP contribution in [-0.4, -0.2) is 18.7 Å². The second-order valence-electron chi connectivity index (χ2n) is 6.67. The van der Waals surface area contributed by atoms with Crippen molar-refractivity contribution in [1.82, 2.24) is 0 Å². The zero-order valence-electron chi connectivity index (χ0n) is 16.0. The zero-order valence-corrected chi connectivity index (χ0v) is 16.0. The molecule has 0 heterocycles. The van der Waals surface area contributed by atoms with Gasteiger partial charge in [-0.25, -0.2) is 4.79 Å². The van der Waals surface area contributed by atoms with Crippen molar-refractivity contribution in [2.45, 2.75) is 77.7 Å². The molecule has 3 heteroatoms. The highest BCUT2D eigenvalue weighted by atomic mass is 16.5. The van der Waals surface area contributed by atoms with Crippen molar-refractivity contribution in [3.8, 4) is 5.75 Å². The van der Waals surface area contributed by atoms with Gasteiger partial charge in [0.25, 0.3) is 0 Å². The topological polar surface area (TPSA) is 35.5 Å². The highest BCUT2D eigenvalue weighted by Crippen LogP contribution is 2.17. The average molecular weight is 347 g/mol. The summed E-state index contributed by atoms with van der Waals surface area (Å²) in [7, 11) is 0. The second-order valence-corrected chi connectivity index (χ2v) is 6.67. The van der Waals surface area contributed by atoms with E-state index in [-0.39, 0.29) is 12.1 Å². The molecule has 3 nitrogen and oxygen atoms in total. The van der Waals surface area contributed by atoms with Crippen LogP contribution < -0.4 is 4.74 Å². The molecule has 1 aromatic carbocycles. The monoisotopic (exact) mass is 346 g/mol. The van der Waals surface area contributed by atoms with Crippen molar-refractivity contribution in [1.29, 1.82) is 0 Å². The molecule has 0 spiro atoms. The summed E-state index contributed by atoms with van der Waals surface area (Å²) in [6.07, 6.45) is 9.87. The second kappa shape index (κ2) is 13.5. The smallest absolute Gasteiger partial charge is 0.333 e. The Hall–Kier alpha value is -1.77. The lowest BCUT2D eigenvalue weighted by Crippen LogP contribution is -2.18. The maximum Gasteiger partial charge on any atom is 0.333 e. The Morgan fingerprint density at radius 2 is 1.64 bits per heavy atom. The van der Waals surface area contributed by atoms with Crippen molar-refractivity contribution in [3.63, 3.8) is 0 Å². The summed E-state index contributed by atoms with van der Waals surface area (Å²) in [6.45, 7) is 8.32. The summed E-state index contributed by atoms with van der Waals surface area (Å²) in [5.74, 6) is 0.666. The highest BCUT2D eigenvalue weighted by molar-refractivity contribution is 5.87. The molecule has 1 aromatic rings. The first-order valence-electron chi connectivity index (χ1n) is 9.67. The van der Waals surface area contributed by atoms with Crippen LogP contribution >= 0.6 is 0 Å². The normalized spacial score (nSPS) is 11.8. The number of rotatable bonds is 14. The molecule has 0 bridgehead atoms. The number of ether oxygens (including phenoxy) is 2. The molecule has 1 atom stereocenters. The van der Waals surface area contributed by atoms with Crippen LogP contribution in [0, 0.1) is 0 Å². The van der Waals surface area contributed by atoms with Crippen LogP contribution in [0.1, 0.15) is 71.6 Å². The Bertz CT molecular complexity index is 481. The first-order chi connectivity index (χ1) is 12.1. The van der Waals surface area contributed by atoms with Gasteiger partial charge in [0.2, 0.25) is 0 Å². The molecule has 0 radical (unpaired) electrons.